The van der Waals surface area contributed by atoms with E-state index < -0.39 is 18.0 Å². The number of hydrogen-bond acceptors (Lipinski definition) is 15. The summed E-state index contributed by atoms with van der Waals surface area (Å²) < 4.78 is 40.7. The first-order chi connectivity index (χ1) is 37.7. The summed E-state index contributed by atoms with van der Waals surface area (Å²) in [7, 11) is 0. The van der Waals surface area contributed by atoms with Gasteiger partial charge < -0.3 is 26.4 Å². The standard InChI is InChI=1S/C20H17N5OS.C17H13F3N4O2S.C16H14ClN5OS/c1-13-5-6-15-10-17(7-8-18(15)23-13)24-19(26)16-4-2-3-14(9-16)11-27-20-21-12-22-25-20;18-17(19,20)26-14-6-2-5-13(8-14)23-15(25)12-4-1-3-11(7-12)9-27-16-21-10-22-24-16;17-12-4-6-13(7-5-12)19-14(23)11-3-1-2-10(8-11)9-24-16-20-15(18)21-22-16/h2-10,12H,11H2,1H3,(H,24,26)(H,21,22,25);1-8,10H,9H2,(H,23,25)(H,21,22,24);1-8H,9H2,(H,19,23)(H3,18,20,21,22). The molecular formula is C53H44ClF3N14O4S3. The molecule has 396 valence electrons. The molecule has 4 heterocycles. The quantitative estimate of drug-likeness (QED) is 0.0444. The van der Waals surface area contributed by atoms with Gasteiger partial charge in [0.2, 0.25) is 11.1 Å². The molecule has 0 bridgehead atoms. The summed E-state index contributed by atoms with van der Waals surface area (Å²) >= 11 is 10.2. The highest BCUT2D eigenvalue weighted by Gasteiger charge is 2.31. The predicted molar refractivity (Wildman–Crippen MR) is 296 cm³/mol. The summed E-state index contributed by atoms with van der Waals surface area (Å²) in [6, 6.07) is 43.7. The first kappa shape index (κ1) is 55.5. The second-order valence-electron chi connectivity index (χ2n) is 16.4. The number of rotatable bonds is 16. The first-order valence-electron chi connectivity index (χ1n) is 23.1. The maximum atomic E-state index is 12.6. The molecule has 3 amide bonds. The molecule has 0 aliphatic rings. The Bertz CT molecular complexity index is 3610. The number of aromatic amines is 3. The van der Waals surface area contributed by atoms with Crippen LogP contribution in [0.2, 0.25) is 5.02 Å². The summed E-state index contributed by atoms with van der Waals surface area (Å²) in [5.41, 5.74) is 13.5. The number of carbonyl (C=O) groups excluding carboxylic acids is 3. The maximum Gasteiger partial charge on any atom is 0.573 e. The van der Waals surface area contributed by atoms with Crippen molar-refractivity contribution in [1.82, 2.24) is 50.5 Å². The number of thioether (sulfide) groups is 3. The van der Waals surface area contributed by atoms with E-state index in [-0.39, 0.29) is 23.5 Å². The van der Waals surface area contributed by atoms with Crippen LogP contribution in [0.1, 0.15) is 53.5 Å². The number of aryl methyl sites for hydroxylation is 1. The van der Waals surface area contributed by atoms with Crippen molar-refractivity contribution in [2.24, 2.45) is 0 Å². The number of aromatic nitrogens is 10. The van der Waals surface area contributed by atoms with Gasteiger partial charge in [0.05, 0.1) is 5.52 Å². The number of nitrogens with two attached hydrogens (primary N) is 1. The monoisotopic (exact) mass is 1130 g/mol. The van der Waals surface area contributed by atoms with Crippen molar-refractivity contribution in [3.05, 3.63) is 208 Å². The molecule has 0 saturated carbocycles. The van der Waals surface area contributed by atoms with E-state index in [0.29, 0.717) is 55.0 Å². The maximum absolute atomic E-state index is 12.6. The van der Waals surface area contributed by atoms with Crippen molar-refractivity contribution in [3.63, 3.8) is 0 Å². The number of benzene rings is 6. The van der Waals surface area contributed by atoms with Crippen LogP contribution in [0.5, 0.6) is 5.75 Å². The molecule has 0 atom stereocenters. The van der Waals surface area contributed by atoms with Crippen molar-refractivity contribution in [2.75, 3.05) is 21.7 Å². The van der Waals surface area contributed by atoms with Gasteiger partial charge in [-0.05, 0) is 121 Å². The van der Waals surface area contributed by atoms with Crippen LogP contribution in [0, 0.1) is 6.92 Å². The molecule has 0 fully saturated rings. The SMILES string of the molecule is Cc1ccc2cc(NC(=O)c3cccc(CSc4ncn[nH]4)c3)ccc2n1.Nc1nc(SCc2cccc(C(=O)Nc3ccc(Cl)cc3)c2)n[nH]1.O=C(Nc1cccc(OC(F)(F)F)c1)c1cccc(CSc2ncn[nH]2)c1. The van der Waals surface area contributed by atoms with Gasteiger partial charge in [-0.1, -0.05) is 95.4 Å². The number of alkyl halides is 3. The Morgan fingerprint density at radius 3 is 1.62 bits per heavy atom. The first-order valence-corrected chi connectivity index (χ1v) is 26.5. The molecule has 0 unspecified atom stereocenters. The summed E-state index contributed by atoms with van der Waals surface area (Å²) in [5, 5.41) is 31.6. The normalized spacial score (nSPS) is 10.9. The molecule has 78 heavy (non-hydrogen) atoms. The van der Waals surface area contributed by atoms with E-state index in [2.05, 4.69) is 71.2 Å². The van der Waals surface area contributed by atoms with E-state index in [9.17, 15) is 27.6 Å². The van der Waals surface area contributed by atoms with Crippen LogP contribution < -0.4 is 26.4 Å². The molecule has 0 radical (unpaired) electrons. The largest absolute Gasteiger partial charge is 0.573 e. The fraction of sp³-hybridized carbons (Fsp3) is 0.0943. The zero-order valence-electron chi connectivity index (χ0n) is 40.8. The van der Waals surface area contributed by atoms with Crippen LogP contribution in [0.3, 0.4) is 0 Å². The molecule has 25 heteroatoms. The van der Waals surface area contributed by atoms with E-state index in [1.807, 2.05) is 85.8 Å². The lowest BCUT2D eigenvalue weighted by Gasteiger charge is -2.11. The Labute approximate surface area is 460 Å². The lowest BCUT2D eigenvalue weighted by atomic mass is 10.1. The van der Waals surface area contributed by atoms with Crippen molar-refractivity contribution in [3.8, 4) is 5.75 Å². The highest BCUT2D eigenvalue weighted by Crippen LogP contribution is 2.27. The van der Waals surface area contributed by atoms with Gasteiger partial charge in [-0.25, -0.2) is 15.1 Å². The van der Waals surface area contributed by atoms with E-state index in [1.165, 1.54) is 60.1 Å². The van der Waals surface area contributed by atoms with Crippen LogP contribution in [0.4, 0.5) is 36.2 Å². The highest BCUT2D eigenvalue weighted by atomic mass is 35.5. The van der Waals surface area contributed by atoms with E-state index >= 15 is 0 Å². The van der Waals surface area contributed by atoms with Crippen molar-refractivity contribution in [1.29, 1.82) is 0 Å². The average Bonchev–Trinajstić information content (AvgIpc) is 4.26. The lowest BCUT2D eigenvalue weighted by molar-refractivity contribution is -0.274. The van der Waals surface area contributed by atoms with Crippen LogP contribution in [-0.2, 0) is 17.3 Å². The van der Waals surface area contributed by atoms with Crippen molar-refractivity contribution >= 4 is 98.5 Å². The molecule has 8 N–H and O–H groups in total. The number of carbonyl (C=O) groups is 3. The second-order valence-corrected chi connectivity index (χ2v) is 19.7. The number of nitrogens with one attached hydrogen (secondary N) is 6. The fourth-order valence-electron chi connectivity index (χ4n) is 6.93. The molecular weight excluding hydrogens is 1090 g/mol. The topological polar surface area (TPSA) is 260 Å². The average molecular weight is 1130 g/mol. The smallest absolute Gasteiger partial charge is 0.406 e. The van der Waals surface area contributed by atoms with Crippen molar-refractivity contribution < 1.29 is 32.3 Å². The summed E-state index contributed by atoms with van der Waals surface area (Å²) in [6.07, 6.45) is -1.91. The number of fused-ring (bicyclic) bond motifs is 1. The Hall–Kier alpha value is -8.71. The van der Waals surface area contributed by atoms with Gasteiger partial charge in [0, 0.05) is 73.2 Å². The highest BCUT2D eigenvalue weighted by molar-refractivity contribution is 7.98. The number of ether oxygens (including phenoxy) is 1. The molecule has 4 aromatic heterocycles. The number of amides is 3. The number of H-pyrrole nitrogens is 3. The van der Waals surface area contributed by atoms with Crippen LogP contribution >= 0.6 is 46.9 Å². The zero-order valence-corrected chi connectivity index (χ0v) is 44.0. The molecule has 10 rings (SSSR count). The Kier molecular flexibility index (Phi) is 19.1. The summed E-state index contributed by atoms with van der Waals surface area (Å²) in [6.45, 7) is 1.96. The Balaban J connectivity index is 0.000000155. The van der Waals surface area contributed by atoms with Gasteiger partial charge in [-0.3, -0.25) is 29.6 Å². The van der Waals surface area contributed by atoms with Gasteiger partial charge in [-0.2, -0.15) is 15.2 Å². The Morgan fingerprint density at radius 1 is 0.590 bits per heavy atom. The predicted octanol–water partition coefficient (Wildman–Crippen LogP) is 12.0. The van der Waals surface area contributed by atoms with E-state index in [0.717, 1.165) is 56.3 Å². The van der Waals surface area contributed by atoms with Gasteiger partial charge in [0.25, 0.3) is 17.7 Å². The molecule has 0 aliphatic heterocycles. The molecule has 0 aliphatic carbocycles. The fourth-order valence-corrected chi connectivity index (χ4v) is 9.25. The van der Waals surface area contributed by atoms with Gasteiger partial charge in [-0.15, -0.1) is 18.3 Å². The van der Waals surface area contributed by atoms with Crippen molar-refractivity contribution in [2.45, 2.75) is 46.0 Å². The minimum Gasteiger partial charge on any atom is -0.406 e. The molecule has 10 aromatic rings. The summed E-state index contributed by atoms with van der Waals surface area (Å²) in [5.74, 6) is 1.05. The third-order valence-corrected chi connectivity index (χ3v) is 13.5. The van der Waals surface area contributed by atoms with Crippen LogP contribution in [-0.4, -0.2) is 74.6 Å². The van der Waals surface area contributed by atoms with Crippen LogP contribution in [0.25, 0.3) is 10.9 Å². The van der Waals surface area contributed by atoms with E-state index in [4.69, 9.17) is 17.3 Å². The number of nitrogen functional groups attached to an aromatic ring is 1. The molecule has 0 spiro atoms. The number of hydrogen-bond donors (Lipinski definition) is 7. The third-order valence-electron chi connectivity index (χ3n) is 10.5. The number of anilines is 4. The number of halogens is 4. The van der Waals surface area contributed by atoms with Gasteiger partial charge in [0.15, 0.2) is 10.3 Å². The molecule has 18 nitrogen and oxygen atoms in total. The van der Waals surface area contributed by atoms with Crippen LogP contribution in [0.15, 0.2) is 180 Å². The summed E-state index contributed by atoms with van der Waals surface area (Å²) in [4.78, 5) is 53.9. The number of pyridine rings is 1. The van der Waals surface area contributed by atoms with Gasteiger partial charge >= 0.3 is 6.36 Å². The second kappa shape index (κ2) is 26.9. The van der Waals surface area contributed by atoms with Gasteiger partial charge in [0.1, 0.15) is 18.4 Å². The third kappa shape index (κ3) is 17.4. The lowest BCUT2D eigenvalue weighted by Crippen LogP contribution is -2.17. The zero-order chi connectivity index (χ0) is 54.9. The molecule has 6 aromatic carbocycles. The molecule has 0 saturated heterocycles. The number of nitrogens with zero attached hydrogens (tertiary/aromatic N) is 7. The minimum absolute atomic E-state index is 0.138. The minimum atomic E-state index is -4.79. The Morgan fingerprint density at radius 2 is 1.10 bits per heavy atom. The van der Waals surface area contributed by atoms with E-state index in [1.54, 1.807) is 48.5 Å².